The highest BCUT2D eigenvalue weighted by molar-refractivity contribution is 5.91. The molecule has 0 atom stereocenters. The van der Waals surface area contributed by atoms with Crippen LogP contribution in [0, 0.1) is 0 Å². The summed E-state index contributed by atoms with van der Waals surface area (Å²) < 4.78 is 48.5. The van der Waals surface area contributed by atoms with Gasteiger partial charge in [-0.2, -0.15) is 13.2 Å². The average Bonchev–Trinajstić information content (AvgIpc) is 2.73. The Hall–Kier alpha value is -3.23. The van der Waals surface area contributed by atoms with Gasteiger partial charge in [-0.05, 0) is 48.7 Å². The first-order valence-corrected chi connectivity index (χ1v) is 9.67. The molecule has 9 heteroatoms. The maximum absolute atomic E-state index is 12.7. The summed E-state index contributed by atoms with van der Waals surface area (Å²) in [6.45, 7) is 0.421. The van der Waals surface area contributed by atoms with Crippen LogP contribution in [0.2, 0.25) is 0 Å². The number of hydrogen-bond donors (Lipinski definition) is 2. The van der Waals surface area contributed by atoms with Gasteiger partial charge in [-0.15, -0.1) is 0 Å². The third-order valence-electron chi connectivity index (χ3n) is 4.47. The molecule has 0 unspecified atom stereocenters. The molecule has 2 amide bonds. The summed E-state index contributed by atoms with van der Waals surface area (Å²) in [7, 11) is 3.10. The smallest absolute Gasteiger partial charge is 0.416 e. The fourth-order valence-corrected chi connectivity index (χ4v) is 2.88. The Morgan fingerprint density at radius 2 is 1.65 bits per heavy atom. The Bertz CT molecular complexity index is 901. The molecule has 0 bridgehead atoms. The third kappa shape index (κ3) is 7.84. The minimum Gasteiger partial charge on any atom is -0.493 e. The first-order valence-electron chi connectivity index (χ1n) is 9.67. The van der Waals surface area contributed by atoms with Crippen LogP contribution in [0.25, 0.3) is 0 Å². The number of methoxy groups -OCH3 is 2. The average molecular weight is 438 g/mol. The van der Waals surface area contributed by atoms with E-state index in [1.54, 1.807) is 20.3 Å². The number of alkyl halides is 3. The van der Waals surface area contributed by atoms with Crippen LogP contribution in [-0.4, -0.2) is 32.6 Å². The zero-order chi connectivity index (χ0) is 22.9. The highest BCUT2D eigenvalue weighted by Crippen LogP contribution is 2.30. The van der Waals surface area contributed by atoms with Crippen LogP contribution in [0.15, 0.2) is 42.5 Å². The van der Waals surface area contributed by atoms with Gasteiger partial charge in [0.15, 0.2) is 11.5 Å². The number of carbonyl (C=O) groups excluding carboxylic acids is 2. The van der Waals surface area contributed by atoms with Gasteiger partial charge in [0.25, 0.3) is 0 Å². The van der Waals surface area contributed by atoms with E-state index in [4.69, 9.17) is 9.47 Å². The zero-order valence-corrected chi connectivity index (χ0v) is 17.3. The van der Waals surface area contributed by atoms with E-state index >= 15 is 0 Å². The molecule has 0 radical (unpaired) electrons. The quantitative estimate of drug-likeness (QED) is 0.583. The Balaban J connectivity index is 1.69. The van der Waals surface area contributed by atoms with Crippen molar-refractivity contribution in [2.75, 3.05) is 26.1 Å². The predicted octanol–water partition coefficient (Wildman–Crippen LogP) is 4.19. The number of hydrogen-bond acceptors (Lipinski definition) is 4. The van der Waals surface area contributed by atoms with Gasteiger partial charge in [-0.1, -0.05) is 12.1 Å². The molecular formula is C22H25F3N2O4. The van der Waals surface area contributed by atoms with E-state index in [1.807, 2.05) is 12.1 Å². The molecule has 0 fully saturated rings. The zero-order valence-electron chi connectivity index (χ0n) is 17.3. The van der Waals surface area contributed by atoms with E-state index in [2.05, 4.69) is 10.6 Å². The lowest BCUT2D eigenvalue weighted by Gasteiger charge is -2.10. The lowest BCUT2D eigenvalue weighted by atomic mass is 10.1. The van der Waals surface area contributed by atoms with Crippen LogP contribution in [-0.2, 0) is 22.2 Å². The van der Waals surface area contributed by atoms with Crippen LogP contribution in [0.5, 0.6) is 11.5 Å². The van der Waals surface area contributed by atoms with Crippen LogP contribution >= 0.6 is 0 Å². The molecule has 0 heterocycles. The SMILES string of the molecule is COc1ccc(CCNC(=O)CCCC(=O)Nc2cccc(C(F)(F)F)c2)cc1OC. The number of nitrogens with one attached hydrogen (secondary N) is 2. The van der Waals surface area contributed by atoms with Crippen molar-refractivity contribution in [1.82, 2.24) is 5.32 Å². The minimum atomic E-state index is -4.48. The van der Waals surface area contributed by atoms with Crippen LogP contribution in [0.3, 0.4) is 0 Å². The standard InChI is InChI=1S/C22H25F3N2O4/c1-30-18-10-9-15(13-19(18)31-2)11-12-26-20(28)7-4-8-21(29)27-17-6-3-5-16(14-17)22(23,24)25/h3,5-6,9-10,13-14H,4,7-8,11-12H2,1-2H3,(H,26,28)(H,27,29). The van der Waals surface area contributed by atoms with Crippen molar-refractivity contribution < 1.29 is 32.2 Å². The molecule has 0 aliphatic rings. The third-order valence-corrected chi connectivity index (χ3v) is 4.47. The van der Waals surface area contributed by atoms with Gasteiger partial charge in [0.2, 0.25) is 11.8 Å². The van der Waals surface area contributed by atoms with Crippen LogP contribution in [0.1, 0.15) is 30.4 Å². The van der Waals surface area contributed by atoms with Crippen LogP contribution in [0.4, 0.5) is 18.9 Å². The summed E-state index contributed by atoms with van der Waals surface area (Å²) in [4.78, 5) is 23.9. The lowest BCUT2D eigenvalue weighted by Crippen LogP contribution is -2.25. The summed E-state index contributed by atoms with van der Waals surface area (Å²) in [6, 6.07) is 9.92. The molecule has 0 aromatic heterocycles. The normalized spacial score (nSPS) is 11.0. The first kappa shape index (κ1) is 24.0. The molecular weight excluding hydrogens is 413 g/mol. The molecule has 0 saturated carbocycles. The van der Waals surface area contributed by atoms with E-state index in [0.29, 0.717) is 24.5 Å². The summed E-state index contributed by atoms with van der Waals surface area (Å²) in [5, 5.41) is 5.20. The van der Waals surface area contributed by atoms with E-state index in [9.17, 15) is 22.8 Å². The highest BCUT2D eigenvalue weighted by Gasteiger charge is 2.30. The van der Waals surface area contributed by atoms with E-state index in [1.165, 1.54) is 12.1 Å². The van der Waals surface area contributed by atoms with Crippen molar-refractivity contribution in [1.29, 1.82) is 0 Å². The molecule has 168 valence electrons. The first-order chi connectivity index (χ1) is 14.7. The summed E-state index contributed by atoms with van der Waals surface area (Å²) in [5.41, 5.74) is 0.205. The molecule has 0 aliphatic heterocycles. The molecule has 2 N–H and O–H groups in total. The second-order valence-corrected chi connectivity index (χ2v) is 6.77. The van der Waals surface area contributed by atoms with Crippen molar-refractivity contribution >= 4 is 17.5 Å². The summed E-state index contributed by atoms with van der Waals surface area (Å²) in [6.07, 6.45) is -3.42. The van der Waals surface area contributed by atoms with Crippen molar-refractivity contribution in [2.45, 2.75) is 31.9 Å². The number of halogens is 3. The Morgan fingerprint density at radius 3 is 2.32 bits per heavy atom. The second kappa shape index (κ2) is 11.2. The molecule has 0 saturated heterocycles. The largest absolute Gasteiger partial charge is 0.493 e. The van der Waals surface area contributed by atoms with Gasteiger partial charge < -0.3 is 20.1 Å². The molecule has 2 aromatic rings. The van der Waals surface area contributed by atoms with Crippen molar-refractivity contribution in [2.24, 2.45) is 0 Å². The number of carbonyl (C=O) groups is 2. The fourth-order valence-electron chi connectivity index (χ4n) is 2.88. The molecule has 6 nitrogen and oxygen atoms in total. The van der Waals surface area contributed by atoms with E-state index < -0.39 is 17.6 Å². The number of ether oxygens (including phenoxy) is 2. The molecule has 0 aliphatic carbocycles. The van der Waals surface area contributed by atoms with Crippen molar-refractivity contribution in [3.63, 3.8) is 0 Å². The Kier molecular flexibility index (Phi) is 8.72. The molecule has 2 rings (SSSR count). The van der Waals surface area contributed by atoms with Crippen molar-refractivity contribution in [3.8, 4) is 11.5 Å². The van der Waals surface area contributed by atoms with Crippen molar-refractivity contribution in [3.05, 3.63) is 53.6 Å². The highest BCUT2D eigenvalue weighted by atomic mass is 19.4. The topological polar surface area (TPSA) is 76.7 Å². The van der Waals surface area contributed by atoms with Gasteiger partial charge >= 0.3 is 6.18 Å². The molecule has 2 aromatic carbocycles. The predicted molar refractivity (Wildman–Crippen MR) is 110 cm³/mol. The Labute approximate surface area is 178 Å². The monoisotopic (exact) mass is 438 g/mol. The molecule has 0 spiro atoms. The second-order valence-electron chi connectivity index (χ2n) is 6.77. The van der Waals surface area contributed by atoms with E-state index in [0.717, 1.165) is 17.7 Å². The lowest BCUT2D eigenvalue weighted by molar-refractivity contribution is -0.137. The fraction of sp³-hybridized carbons (Fsp3) is 0.364. The maximum atomic E-state index is 12.7. The summed E-state index contributed by atoms with van der Waals surface area (Å²) >= 11 is 0. The summed E-state index contributed by atoms with van der Waals surface area (Å²) in [5.74, 6) is 0.585. The van der Waals surface area contributed by atoms with Crippen LogP contribution < -0.4 is 20.1 Å². The molecule has 31 heavy (non-hydrogen) atoms. The van der Waals surface area contributed by atoms with Gasteiger partial charge in [-0.3, -0.25) is 9.59 Å². The number of rotatable bonds is 10. The maximum Gasteiger partial charge on any atom is 0.416 e. The number of benzene rings is 2. The number of anilines is 1. The van der Waals surface area contributed by atoms with Gasteiger partial charge in [0, 0.05) is 25.1 Å². The Morgan fingerprint density at radius 1 is 0.935 bits per heavy atom. The van der Waals surface area contributed by atoms with Gasteiger partial charge in [0.1, 0.15) is 0 Å². The minimum absolute atomic E-state index is 0.0271. The van der Waals surface area contributed by atoms with Gasteiger partial charge in [0.05, 0.1) is 19.8 Å². The van der Waals surface area contributed by atoms with E-state index in [-0.39, 0.29) is 30.9 Å². The van der Waals surface area contributed by atoms with Gasteiger partial charge in [-0.25, -0.2) is 0 Å². The number of amides is 2.